The second kappa shape index (κ2) is 4.49. The molecule has 0 rings (SSSR count). The lowest BCUT2D eigenvalue weighted by molar-refractivity contribution is -0.116. The summed E-state index contributed by atoms with van der Waals surface area (Å²) in [5.74, 6) is 0.283. The molecule has 0 spiro atoms. The first-order valence-corrected chi connectivity index (χ1v) is 7.67. The summed E-state index contributed by atoms with van der Waals surface area (Å²) in [7, 11) is -1.02. The first kappa shape index (κ1) is 10.6. The molecule has 0 radical (unpaired) electrons. The molecule has 0 unspecified atom stereocenters. The van der Waals surface area contributed by atoms with E-state index in [9.17, 15) is 4.79 Å². The van der Waals surface area contributed by atoms with Crippen molar-refractivity contribution >= 4 is 13.9 Å². The maximum absolute atomic E-state index is 10.5. The normalized spacial score (nSPS) is 12.4. The zero-order chi connectivity index (χ0) is 8.91. The van der Waals surface area contributed by atoms with Gasteiger partial charge in [0.05, 0.1) is 8.07 Å². The van der Waals surface area contributed by atoms with Crippen LogP contribution in [0.15, 0.2) is 11.8 Å². The summed E-state index contributed by atoms with van der Waals surface area (Å²) in [5, 5.41) is 0. The summed E-state index contributed by atoms with van der Waals surface area (Å²) in [6.07, 6.45) is 3.76. The van der Waals surface area contributed by atoms with Gasteiger partial charge in [0.2, 0.25) is 0 Å². The van der Waals surface area contributed by atoms with Crippen molar-refractivity contribution < 1.29 is 4.79 Å². The van der Waals surface area contributed by atoms with Crippen LogP contribution in [0.1, 0.15) is 19.8 Å². The van der Waals surface area contributed by atoms with E-state index in [1.54, 1.807) is 6.92 Å². The van der Waals surface area contributed by atoms with Crippen LogP contribution in [0.5, 0.6) is 0 Å². The molecule has 0 bridgehead atoms. The number of hydrogen-bond donors (Lipinski definition) is 0. The molecule has 64 valence electrons. The quantitative estimate of drug-likeness (QED) is 0.593. The minimum Gasteiger partial charge on any atom is -0.300 e. The SMILES string of the molecule is CC(=O)CC/C=C/[Si](C)(C)C. The van der Waals surface area contributed by atoms with Gasteiger partial charge in [-0.25, -0.2) is 0 Å². The van der Waals surface area contributed by atoms with Gasteiger partial charge in [-0.2, -0.15) is 0 Å². The van der Waals surface area contributed by atoms with Crippen LogP contribution >= 0.6 is 0 Å². The Bertz CT molecular complexity index is 153. The molecule has 0 amide bonds. The van der Waals surface area contributed by atoms with Crippen molar-refractivity contribution in [3.8, 4) is 0 Å². The van der Waals surface area contributed by atoms with Gasteiger partial charge in [0.25, 0.3) is 0 Å². The Hall–Kier alpha value is -0.373. The van der Waals surface area contributed by atoms with Crippen LogP contribution in [0.2, 0.25) is 19.6 Å². The van der Waals surface area contributed by atoms with Gasteiger partial charge in [0.1, 0.15) is 5.78 Å². The van der Waals surface area contributed by atoms with E-state index in [-0.39, 0.29) is 5.78 Å². The average molecular weight is 170 g/mol. The van der Waals surface area contributed by atoms with E-state index in [1.807, 2.05) is 0 Å². The van der Waals surface area contributed by atoms with Crippen LogP contribution in [0.25, 0.3) is 0 Å². The van der Waals surface area contributed by atoms with Gasteiger partial charge >= 0.3 is 0 Å². The number of carbonyl (C=O) groups is 1. The highest BCUT2D eigenvalue weighted by Crippen LogP contribution is 2.03. The third-order valence-corrected chi connectivity index (χ3v) is 2.52. The molecule has 0 atom stereocenters. The molecule has 0 saturated heterocycles. The molecule has 0 N–H and O–H groups in total. The molecule has 0 heterocycles. The lowest BCUT2D eigenvalue weighted by Crippen LogP contribution is -2.15. The molecular weight excluding hydrogens is 152 g/mol. The van der Waals surface area contributed by atoms with Crippen molar-refractivity contribution in [1.82, 2.24) is 0 Å². The van der Waals surface area contributed by atoms with Crippen molar-refractivity contribution in [1.29, 1.82) is 0 Å². The van der Waals surface area contributed by atoms with E-state index in [2.05, 4.69) is 31.4 Å². The van der Waals surface area contributed by atoms with Gasteiger partial charge in [-0.15, -0.1) is 0 Å². The predicted octanol–water partition coefficient (Wildman–Crippen LogP) is 2.79. The standard InChI is InChI=1S/C9H18OSi/c1-9(10)7-5-6-8-11(2,3)4/h6,8H,5,7H2,1-4H3/b8-6+. The molecule has 11 heavy (non-hydrogen) atoms. The average Bonchev–Trinajstić information content (AvgIpc) is 1.78. The smallest absolute Gasteiger partial charge is 0.130 e. The lowest BCUT2D eigenvalue weighted by atomic mass is 10.2. The maximum Gasteiger partial charge on any atom is 0.130 e. The Morgan fingerprint density at radius 1 is 1.36 bits per heavy atom. The van der Waals surface area contributed by atoms with Crippen LogP contribution in [-0.4, -0.2) is 13.9 Å². The molecule has 0 saturated carbocycles. The third kappa shape index (κ3) is 9.63. The summed E-state index contributed by atoms with van der Waals surface area (Å²) >= 11 is 0. The number of allylic oxidation sites excluding steroid dienone is 1. The minimum atomic E-state index is -1.02. The number of rotatable bonds is 4. The van der Waals surface area contributed by atoms with Crippen molar-refractivity contribution in [3.63, 3.8) is 0 Å². The maximum atomic E-state index is 10.5. The molecule has 0 aliphatic heterocycles. The van der Waals surface area contributed by atoms with E-state index in [0.29, 0.717) is 6.42 Å². The van der Waals surface area contributed by atoms with Crippen LogP contribution < -0.4 is 0 Å². The second-order valence-electron chi connectivity index (χ2n) is 4.01. The fourth-order valence-corrected chi connectivity index (χ4v) is 1.60. The fourth-order valence-electron chi connectivity index (χ4n) is 0.723. The van der Waals surface area contributed by atoms with Gasteiger partial charge < -0.3 is 4.79 Å². The van der Waals surface area contributed by atoms with Gasteiger partial charge in [-0.3, -0.25) is 0 Å². The van der Waals surface area contributed by atoms with Crippen molar-refractivity contribution in [2.75, 3.05) is 0 Å². The van der Waals surface area contributed by atoms with Crippen LogP contribution in [0, 0.1) is 0 Å². The Balaban J connectivity index is 3.54. The number of carbonyl (C=O) groups excluding carboxylic acids is 1. The van der Waals surface area contributed by atoms with Gasteiger partial charge in [0, 0.05) is 6.42 Å². The molecule has 0 aromatic heterocycles. The monoisotopic (exact) mass is 170 g/mol. The number of ketones is 1. The van der Waals surface area contributed by atoms with Gasteiger partial charge in [0.15, 0.2) is 0 Å². The van der Waals surface area contributed by atoms with E-state index in [0.717, 1.165) is 6.42 Å². The zero-order valence-corrected chi connectivity index (χ0v) is 8.98. The molecular formula is C9H18OSi. The molecule has 0 aliphatic rings. The first-order valence-electron chi connectivity index (χ1n) is 4.09. The summed E-state index contributed by atoms with van der Waals surface area (Å²) in [6.45, 7) is 8.51. The summed E-state index contributed by atoms with van der Waals surface area (Å²) in [6, 6.07) is 0. The van der Waals surface area contributed by atoms with E-state index >= 15 is 0 Å². The molecule has 2 heteroatoms. The Labute approximate surface area is 70.5 Å². The topological polar surface area (TPSA) is 17.1 Å². The van der Waals surface area contributed by atoms with E-state index in [4.69, 9.17) is 0 Å². The van der Waals surface area contributed by atoms with Gasteiger partial charge in [-0.05, 0) is 13.3 Å². The highest BCUT2D eigenvalue weighted by molar-refractivity contribution is 6.80. The summed E-state index contributed by atoms with van der Waals surface area (Å²) in [4.78, 5) is 10.5. The Morgan fingerprint density at radius 3 is 2.27 bits per heavy atom. The second-order valence-corrected chi connectivity index (χ2v) is 9.07. The van der Waals surface area contributed by atoms with Crippen LogP contribution in [0.3, 0.4) is 0 Å². The number of Topliss-reactive ketones (excluding diaryl/α,β-unsaturated/α-hetero) is 1. The molecule has 0 fully saturated rings. The summed E-state index contributed by atoms with van der Waals surface area (Å²) < 4.78 is 0. The molecule has 0 aromatic carbocycles. The highest BCUT2D eigenvalue weighted by atomic mass is 28.3. The third-order valence-electron chi connectivity index (χ3n) is 1.28. The minimum absolute atomic E-state index is 0.283. The first-order chi connectivity index (χ1) is 4.92. The van der Waals surface area contributed by atoms with E-state index in [1.165, 1.54) is 0 Å². The van der Waals surface area contributed by atoms with Gasteiger partial charge in [-0.1, -0.05) is 31.4 Å². The zero-order valence-electron chi connectivity index (χ0n) is 7.98. The summed E-state index contributed by atoms with van der Waals surface area (Å²) in [5.41, 5.74) is 2.29. The lowest BCUT2D eigenvalue weighted by Gasteiger charge is -2.07. The molecule has 0 aromatic rings. The van der Waals surface area contributed by atoms with Crippen LogP contribution in [0.4, 0.5) is 0 Å². The predicted molar refractivity (Wildman–Crippen MR) is 52.4 cm³/mol. The Kier molecular flexibility index (Phi) is 4.34. The van der Waals surface area contributed by atoms with Crippen LogP contribution in [-0.2, 0) is 4.79 Å². The highest BCUT2D eigenvalue weighted by Gasteiger charge is 2.05. The van der Waals surface area contributed by atoms with Crippen molar-refractivity contribution in [3.05, 3.63) is 11.8 Å². The largest absolute Gasteiger partial charge is 0.300 e. The molecule has 0 aliphatic carbocycles. The van der Waals surface area contributed by atoms with E-state index < -0.39 is 8.07 Å². The molecule has 1 nitrogen and oxygen atoms in total. The number of hydrogen-bond acceptors (Lipinski definition) is 1. The van der Waals surface area contributed by atoms with Crippen molar-refractivity contribution in [2.45, 2.75) is 39.4 Å². The fraction of sp³-hybridized carbons (Fsp3) is 0.667. The van der Waals surface area contributed by atoms with Crippen molar-refractivity contribution in [2.24, 2.45) is 0 Å². The Morgan fingerprint density at radius 2 is 1.91 bits per heavy atom.